The topological polar surface area (TPSA) is 91.2 Å². The van der Waals surface area contributed by atoms with E-state index in [1.807, 2.05) is 42.6 Å². The first-order valence-corrected chi connectivity index (χ1v) is 17.4. The van der Waals surface area contributed by atoms with E-state index in [-0.39, 0.29) is 18.0 Å². The number of fused-ring (bicyclic) bond motifs is 8. The maximum Gasteiger partial charge on any atom is 0.120 e. The quantitative estimate of drug-likeness (QED) is 0.208. The van der Waals surface area contributed by atoms with Gasteiger partial charge in [-0.05, 0) is 122 Å². The van der Waals surface area contributed by atoms with Crippen LogP contribution in [0.25, 0.3) is 27.4 Å². The van der Waals surface area contributed by atoms with Gasteiger partial charge in [-0.3, -0.25) is 19.8 Å². The molecule has 0 amide bonds. The van der Waals surface area contributed by atoms with Gasteiger partial charge in [0, 0.05) is 53.9 Å². The van der Waals surface area contributed by atoms with Crippen LogP contribution in [0.4, 0.5) is 0 Å². The van der Waals surface area contributed by atoms with Gasteiger partial charge in [0.15, 0.2) is 0 Å². The number of methoxy groups -OCH3 is 2. The summed E-state index contributed by atoms with van der Waals surface area (Å²) in [5.41, 5.74) is 5.54. The number of aliphatic hydroxyl groups excluding tert-OH is 2. The third-order valence-electron chi connectivity index (χ3n) is 12.2. The first kappa shape index (κ1) is 31.4. The lowest BCUT2D eigenvalue weighted by Gasteiger charge is -2.52. The summed E-state index contributed by atoms with van der Waals surface area (Å²) < 4.78 is 11.3. The number of hydrogen-bond donors (Lipinski definition) is 2. The van der Waals surface area contributed by atoms with Gasteiger partial charge in [-0.2, -0.15) is 0 Å². The maximum atomic E-state index is 11.9. The summed E-state index contributed by atoms with van der Waals surface area (Å²) in [6.07, 6.45) is 8.53. The fraction of sp³-hybridized carbons (Fsp3) is 0.450. The van der Waals surface area contributed by atoms with Crippen molar-refractivity contribution in [2.75, 3.05) is 40.4 Å². The van der Waals surface area contributed by atoms with E-state index >= 15 is 0 Å². The zero-order valence-electron chi connectivity index (χ0n) is 28.0. The van der Waals surface area contributed by atoms with E-state index in [1.54, 1.807) is 20.4 Å². The van der Waals surface area contributed by atoms with Crippen molar-refractivity contribution in [2.24, 2.45) is 23.7 Å². The maximum absolute atomic E-state index is 11.9. The van der Waals surface area contributed by atoms with E-state index in [2.05, 4.69) is 33.5 Å². The Balaban J connectivity index is 1.08. The molecule has 10 rings (SSSR count). The number of rotatable bonds is 9. The third-order valence-corrected chi connectivity index (χ3v) is 12.2. The molecule has 6 aliphatic rings. The number of pyridine rings is 2. The fourth-order valence-corrected chi connectivity index (χ4v) is 9.51. The van der Waals surface area contributed by atoms with Crippen molar-refractivity contribution in [2.45, 2.75) is 50.0 Å². The van der Waals surface area contributed by atoms with Gasteiger partial charge in [0.25, 0.3) is 0 Å². The van der Waals surface area contributed by atoms with Crippen molar-refractivity contribution < 1.29 is 19.7 Å². The van der Waals surface area contributed by atoms with Gasteiger partial charge in [-0.1, -0.05) is 12.7 Å². The monoisotopic (exact) mass is 646 g/mol. The van der Waals surface area contributed by atoms with Gasteiger partial charge in [0.05, 0.1) is 37.5 Å². The standard InChI is InChI=1S/C40H46N4O4/c1-5-24-21-43-14-10-25(24)16-36(43)40(46)30-9-13-42-38-31(19-28(48-4)20-33(30)38)23(2)34-22-44-15-11-26(34)17-37(44)39(45)29-8-12-41-35-7-6-27(47-3)18-32(29)35/h5-9,12-13,18-20,24-26,34,36-37,39-40,45-46H,1-2,10-11,14-17,21-22H2,3-4H3/t24-,25?,26?,34+,36+,37+,39+,40+/m0/s1. The van der Waals surface area contributed by atoms with Crippen molar-refractivity contribution in [3.8, 4) is 11.5 Å². The van der Waals surface area contributed by atoms with Crippen LogP contribution >= 0.6 is 0 Å². The van der Waals surface area contributed by atoms with Gasteiger partial charge >= 0.3 is 0 Å². The van der Waals surface area contributed by atoms with Crippen LogP contribution in [0.5, 0.6) is 11.5 Å². The molecule has 0 radical (unpaired) electrons. The molecule has 6 aliphatic heterocycles. The molecule has 8 heteroatoms. The lowest BCUT2D eigenvalue weighted by atomic mass is 9.69. The second-order valence-corrected chi connectivity index (χ2v) is 14.4. The minimum atomic E-state index is -0.643. The van der Waals surface area contributed by atoms with Crippen molar-refractivity contribution >= 4 is 27.4 Å². The highest BCUT2D eigenvalue weighted by Gasteiger charge is 2.45. The molecule has 4 bridgehead atoms. The number of benzene rings is 2. The minimum Gasteiger partial charge on any atom is -0.497 e. The summed E-state index contributed by atoms with van der Waals surface area (Å²) >= 11 is 0. The largest absolute Gasteiger partial charge is 0.497 e. The average Bonchev–Trinajstić information content (AvgIpc) is 3.15. The Hall–Kier alpha value is -3.82. The van der Waals surface area contributed by atoms with Gasteiger partial charge in [0.1, 0.15) is 11.5 Å². The highest BCUT2D eigenvalue weighted by molar-refractivity contribution is 5.94. The second-order valence-electron chi connectivity index (χ2n) is 14.4. The summed E-state index contributed by atoms with van der Waals surface area (Å²) in [7, 11) is 3.35. The molecule has 6 saturated heterocycles. The van der Waals surface area contributed by atoms with E-state index < -0.39 is 12.2 Å². The number of nitrogens with zero attached hydrogens (tertiary/aromatic N) is 4. The SMILES string of the molecule is C=C[C@H]1CN2CCC1C[C@@H]2[C@H](O)c1ccnc2c(C(=C)[C@H]3CN4CCC3C[C@@H]4[C@H](O)c3ccnc4ccc(OC)cc34)cc(OC)cc12. The molecule has 2 aromatic heterocycles. The van der Waals surface area contributed by atoms with E-state index in [0.717, 1.165) is 101 Å². The number of hydrogen-bond acceptors (Lipinski definition) is 8. The molecule has 250 valence electrons. The van der Waals surface area contributed by atoms with Crippen molar-refractivity contribution in [3.05, 3.63) is 90.8 Å². The van der Waals surface area contributed by atoms with E-state index in [0.29, 0.717) is 17.8 Å². The van der Waals surface area contributed by atoms with Crippen molar-refractivity contribution in [3.63, 3.8) is 0 Å². The highest BCUT2D eigenvalue weighted by Crippen LogP contribution is 2.48. The molecule has 2 N–H and O–H groups in total. The predicted molar refractivity (Wildman–Crippen MR) is 189 cm³/mol. The van der Waals surface area contributed by atoms with E-state index in [1.165, 1.54) is 6.42 Å². The molecule has 48 heavy (non-hydrogen) atoms. The molecule has 6 fully saturated rings. The van der Waals surface area contributed by atoms with Crippen LogP contribution in [0.15, 0.2) is 74.1 Å². The van der Waals surface area contributed by atoms with Gasteiger partial charge < -0.3 is 19.7 Å². The molecule has 8 nitrogen and oxygen atoms in total. The highest BCUT2D eigenvalue weighted by atomic mass is 16.5. The first-order valence-electron chi connectivity index (χ1n) is 17.4. The summed E-state index contributed by atoms with van der Waals surface area (Å²) in [5.74, 6) is 3.17. The lowest BCUT2D eigenvalue weighted by Crippen LogP contribution is -2.55. The average molecular weight is 647 g/mol. The van der Waals surface area contributed by atoms with Gasteiger partial charge in [0.2, 0.25) is 0 Å². The van der Waals surface area contributed by atoms with Crippen molar-refractivity contribution in [1.82, 2.24) is 19.8 Å². The molecule has 8 heterocycles. The molecular formula is C40H46N4O4. The number of aliphatic hydroxyl groups is 2. The Labute approximate surface area is 282 Å². The van der Waals surface area contributed by atoms with Crippen LogP contribution in [0.1, 0.15) is 54.6 Å². The number of aromatic nitrogens is 2. The Morgan fingerprint density at radius 2 is 1.48 bits per heavy atom. The molecule has 10 atom stereocenters. The zero-order valence-corrected chi connectivity index (χ0v) is 28.0. The Morgan fingerprint density at radius 3 is 2.12 bits per heavy atom. The fourth-order valence-electron chi connectivity index (χ4n) is 9.51. The van der Waals surface area contributed by atoms with Crippen LogP contribution in [0.3, 0.4) is 0 Å². The summed E-state index contributed by atoms with van der Waals surface area (Å²) in [4.78, 5) is 14.3. The number of ether oxygens (including phenoxy) is 2. The number of piperidine rings is 6. The molecule has 0 saturated carbocycles. The van der Waals surface area contributed by atoms with Crippen LogP contribution in [0.2, 0.25) is 0 Å². The van der Waals surface area contributed by atoms with Crippen molar-refractivity contribution in [1.29, 1.82) is 0 Å². The second kappa shape index (κ2) is 12.6. The van der Waals surface area contributed by atoms with Crippen LogP contribution in [-0.4, -0.2) is 82.5 Å². The smallest absolute Gasteiger partial charge is 0.120 e. The minimum absolute atomic E-state index is 0.00745. The first-order chi connectivity index (χ1) is 23.4. The van der Waals surface area contributed by atoms with E-state index in [9.17, 15) is 10.2 Å². The molecule has 0 aliphatic carbocycles. The summed E-state index contributed by atoms with van der Waals surface area (Å²) in [6, 6.07) is 13.9. The molecule has 4 unspecified atom stereocenters. The molecule has 4 aromatic rings. The Morgan fingerprint density at radius 1 is 0.833 bits per heavy atom. The van der Waals surface area contributed by atoms with Gasteiger partial charge in [-0.25, -0.2) is 0 Å². The lowest BCUT2D eigenvalue weighted by molar-refractivity contribution is -0.0444. The molecule has 2 aromatic carbocycles. The molecular weight excluding hydrogens is 600 g/mol. The zero-order chi connectivity index (χ0) is 33.1. The van der Waals surface area contributed by atoms with Crippen LogP contribution in [0, 0.1) is 23.7 Å². The normalized spacial score (nSPS) is 30.7. The van der Waals surface area contributed by atoms with Gasteiger partial charge in [-0.15, -0.1) is 6.58 Å². The summed E-state index contributed by atoms with van der Waals surface area (Å²) in [6.45, 7) is 12.5. The van der Waals surface area contributed by atoms with E-state index in [4.69, 9.17) is 21.0 Å². The third kappa shape index (κ3) is 5.21. The summed E-state index contributed by atoms with van der Waals surface area (Å²) in [5, 5.41) is 25.6. The molecule has 0 spiro atoms. The predicted octanol–water partition coefficient (Wildman–Crippen LogP) is 6.19. The Bertz CT molecular complexity index is 1880. The van der Waals surface area contributed by atoms with Crippen LogP contribution < -0.4 is 9.47 Å². The van der Waals surface area contributed by atoms with Crippen LogP contribution in [-0.2, 0) is 0 Å². The Kier molecular flexibility index (Phi) is 8.23.